The fraction of sp³-hybridized carbons (Fsp3) is 0.182. The van der Waals surface area contributed by atoms with Crippen molar-refractivity contribution in [1.82, 2.24) is 0 Å². The van der Waals surface area contributed by atoms with E-state index in [0.29, 0.717) is 0 Å². The van der Waals surface area contributed by atoms with Crippen molar-refractivity contribution in [2.45, 2.75) is 6.18 Å². The predicted molar refractivity (Wildman–Crippen MR) is 55.3 cm³/mol. The largest absolute Gasteiger partial charge is 0.459 e. The van der Waals surface area contributed by atoms with Gasteiger partial charge in [0, 0.05) is 16.5 Å². The molecule has 90 valence electrons. The van der Waals surface area contributed by atoms with Crippen LogP contribution >= 0.6 is 11.6 Å². The molecular formula is C11H6ClF3O2. The van der Waals surface area contributed by atoms with Crippen LogP contribution in [0.15, 0.2) is 18.2 Å². The lowest BCUT2D eigenvalue weighted by atomic mass is 10.1. The zero-order chi connectivity index (χ0) is 13.1. The van der Waals surface area contributed by atoms with Crippen molar-refractivity contribution >= 4 is 17.6 Å². The summed E-state index contributed by atoms with van der Waals surface area (Å²) in [6.07, 6.45) is -4.55. The first-order valence-corrected chi connectivity index (χ1v) is 4.69. The number of hydrogen-bond donors (Lipinski definition) is 0. The minimum atomic E-state index is -4.55. The summed E-state index contributed by atoms with van der Waals surface area (Å²) in [7, 11) is 1.08. The van der Waals surface area contributed by atoms with Crippen LogP contribution in [0.1, 0.15) is 11.1 Å². The van der Waals surface area contributed by atoms with Crippen LogP contribution in [-0.4, -0.2) is 13.1 Å². The molecule has 0 unspecified atom stereocenters. The average molecular weight is 263 g/mol. The van der Waals surface area contributed by atoms with E-state index in [2.05, 4.69) is 10.7 Å². The van der Waals surface area contributed by atoms with Crippen molar-refractivity contribution < 1.29 is 22.7 Å². The van der Waals surface area contributed by atoms with Gasteiger partial charge in [0.15, 0.2) is 0 Å². The topological polar surface area (TPSA) is 26.3 Å². The Morgan fingerprint density at radius 2 is 2.06 bits per heavy atom. The second-order valence-corrected chi connectivity index (χ2v) is 3.37. The van der Waals surface area contributed by atoms with Crippen LogP contribution in [0.3, 0.4) is 0 Å². The Balaban J connectivity index is 3.24. The molecule has 0 aromatic heterocycles. The maximum atomic E-state index is 12.6. The molecule has 0 radical (unpaired) electrons. The molecule has 0 spiro atoms. The second-order valence-electron chi connectivity index (χ2n) is 2.93. The number of hydrogen-bond acceptors (Lipinski definition) is 2. The fourth-order valence-electron chi connectivity index (χ4n) is 1.04. The minimum Gasteiger partial charge on any atom is -0.459 e. The molecule has 1 aromatic carbocycles. The van der Waals surface area contributed by atoms with E-state index in [-0.39, 0.29) is 10.6 Å². The molecule has 0 saturated heterocycles. The second kappa shape index (κ2) is 5.11. The fourth-order valence-corrected chi connectivity index (χ4v) is 1.21. The third-order valence-electron chi connectivity index (χ3n) is 1.77. The summed E-state index contributed by atoms with van der Waals surface area (Å²) in [6, 6.07) is 2.96. The van der Waals surface area contributed by atoms with Crippen LogP contribution in [0.25, 0.3) is 0 Å². The molecule has 0 aliphatic carbocycles. The number of carbonyl (C=O) groups excluding carboxylic acids is 1. The van der Waals surface area contributed by atoms with Gasteiger partial charge in [-0.15, -0.1) is 0 Å². The first-order valence-electron chi connectivity index (χ1n) is 4.31. The Morgan fingerprint density at radius 1 is 1.41 bits per heavy atom. The first-order chi connectivity index (χ1) is 7.84. The van der Waals surface area contributed by atoms with Crippen molar-refractivity contribution in [2.75, 3.05) is 7.11 Å². The summed E-state index contributed by atoms with van der Waals surface area (Å²) >= 11 is 5.56. The monoisotopic (exact) mass is 262 g/mol. The van der Waals surface area contributed by atoms with Crippen molar-refractivity contribution in [3.8, 4) is 11.8 Å². The van der Waals surface area contributed by atoms with E-state index in [1.54, 1.807) is 0 Å². The molecule has 0 bridgehead atoms. The van der Waals surface area contributed by atoms with E-state index < -0.39 is 17.7 Å². The molecule has 0 aliphatic heterocycles. The van der Waals surface area contributed by atoms with E-state index in [0.717, 1.165) is 25.3 Å². The van der Waals surface area contributed by atoms with Crippen LogP contribution in [-0.2, 0) is 15.7 Å². The number of methoxy groups -OCH3 is 1. The molecule has 17 heavy (non-hydrogen) atoms. The van der Waals surface area contributed by atoms with Gasteiger partial charge in [0.2, 0.25) is 0 Å². The number of carbonyl (C=O) groups is 1. The third kappa shape index (κ3) is 3.68. The average Bonchev–Trinajstić information content (AvgIpc) is 2.24. The molecular weight excluding hydrogens is 257 g/mol. The highest BCUT2D eigenvalue weighted by atomic mass is 35.5. The zero-order valence-electron chi connectivity index (χ0n) is 8.56. The summed E-state index contributed by atoms with van der Waals surface area (Å²) in [5.74, 6) is 3.08. The van der Waals surface area contributed by atoms with Crippen LogP contribution in [0.5, 0.6) is 0 Å². The van der Waals surface area contributed by atoms with Crippen molar-refractivity contribution in [3.63, 3.8) is 0 Å². The van der Waals surface area contributed by atoms with Crippen LogP contribution in [0.4, 0.5) is 13.2 Å². The SMILES string of the molecule is COC(=O)C#Cc1cc(Cl)ccc1C(F)(F)F. The number of esters is 1. The molecule has 6 heteroatoms. The van der Waals surface area contributed by atoms with E-state index in [4.69, 9.17) is 11.6 Å². The molecule has 0 atom stereocenters. The highest BCUT2D eigenvalue weighted by Crippen LogP contribution is 2.32. The maximum absolute atomic E-state index is 12.6. The Hall–Kier alpha value is -1.67. The maximum Gasteiger partial charge on any atom is 0.417 e. The first kappa shape index (κ1) is 13.4. The van der Waals surface area contributed by atoms with Gasteiger partial charge < -0.3 is 4.74 Å². The van der Waals surface area contributed by atoms with Crippen molar-refractivity contribution in [1.29, 1.82) is 0 Å². The van der Waals surface area contributed by atoms with Gasteiger partial charge in [-0.2, -0.15) is 13.2 Å². The molecule has 0 fully saturated rings. The van der Waals surface area contributed by atoms with Gasteiger partial charge in [-0.3, -0.25) is 0 Å². The number of alkyl halides is 3. The normalized spacial score (nSPS) is 10.4. The summed E-state index contributed by atoms with van der Waals surface area (Å²) in [5, 5.41) is 0.104. The molecule has 0 amide bonds. The Kier molecular flexibility index (Phi) is 4.02. The number of rotatable bonds is 0. The van der Waals surface area contributed by atoms with Crippen molar-refractivity contribution in [2.24, 2.45) is 0 Å². The summed E-state index contributed by atoms with van der Waals surface area (Å²) < 4.78 is 41.9. The van der Waals surface area contributed by atoms with E-state index in [1.807, 2.05) is 5.92 Å². The predicted octanol–water partition coefficient (Wildman–Crippen LogP) is 2.88. The van der Waals surface area contributed by atoms with Gasteiger partial charge in [-0.05, 0) is 18.2 Å². The van der Waals surface area contributed by atoms with Gasteiger partial charge in [0.25, 0.3) is 0 Å². The van der Waals surface area contributed by atoms with E-state index in [1.165, 1.54) is 0 Å². The van der Waals surface area contributed by atoms with Crippen molar-refractivity contribution in [3.05, 3.63) is 34.3 Å². The molecule has 0 aliphatic rings. The van der Waals surface area contributed by atoms with Crippen LogP contribution in [0.2, 0.25) is 5.02 Å². The lowest BCUT2D eigenvalue weighted by molar-refractivity contribution is -0.138. The minimum absolute atomic E-state index is 0.104. The quantitative estimate of drug-likeness (QED) is 0.531. The summed E-state index contributed by atoms with van der Waals surface area (Å²) in [6.45, 7) is 0. The molecule has 0 N–H and O–H groups in total. The van der Waals surface area contributed by atoms with Gasteiger partial charge in [-0.25, -0.2) is 4.79 Å². The molecule has 1 aromatic rings. The third-order valence-corrected chi connectivity index (χ3v) is 2.01. The number of ether oxygens (including phenoxy) is 1. The molecule has 1 rings (SSSR count). The Labute approximate surface area is 100 Å². The lowest BCUT2D eigenvalue weighted by Gasteiger charge is -2.08. The number of halogens is 4. The van der Waals surface area contributed by atoms with Gasteiger partial charge >= 0.3 is 12.1 Å². The molecule has 2 nitrogen and oxygen atoms in total. The molecule has 0 saturated carbocycles. The standard InChI is InChI=1S/C11H6ClF3O2/c1-17-10(16)5-2-7-6-8(12)3-4-9(7)11(13,14)15/h3-4,6H,1H3. The highest BCUT2D eigenvalue weighted by molar-refractivity contribution is 6.30. The van der Waals surface area contributed by atoms with E-state index >= 15 is 0 Å². The number of benzene rings is 1. The summed E-state index contributed by atoms with van der Waals surface area (Å²) in [5.41, 5.74) is -1.31. The zero-order valence-corrected chi connectivity index (χ0v) is 9.32. The van der Waals surface area contributed by atoms with Gasteiger partial charge in [0.05, 0.1) is 12.7 Å². The summed E-state index contributed by atoms with van der Waals surface area (Å²) in [4.78, 5) is 10.7. The Morgan fingerprint density at radius 3 is 2.59 bits per heavy atom. The highest BCUT2D eigenvalue weighted by Gasteiger charge is 2.33. The lowest BCUT2D eigenvalue weighted by Crippen LogP contribution is -2.07. The Bertz CT molecular complexity index is 498. The van der Waals surface area contributed by atoms with Gasteiger partial charge in [0.1, 0.15) is 0 Å². The van der Waals surface area contributed by atoms with E-state index in [9.17, 15) is 18.0 Å². The van der Waals surface area contributed by atoms with Crippen LogP contribution in [0, 0.1) is 11.8 Å². The smallest absolute Gasteiger partial charge is 0.417 e. The van der Waals surface area contributed by atoms with Crippen LogP contribution < -0.4 is 0 Å². The van der Waals surface area contributed by atoms with Gasteiger partial charge in [-0.1, -0.05) is 17.5 Å². The molecule has 0 heterocycles.